The molecule has 2 saturated heterocycles. The average Bonchev–Trinajstić information content (AvgIpc) is 2.37. The first-order valence-corrected chi connectivity index (χ1v) is 8.68. The van der Waals surface area contributed by atoms with Crippen molar-refractivity contribution in [2.24, 2.45) is 5.92 Å². The predicted molar refractivity (Wildman–Crippen MR) is 74.6 cm³/mol. The second-order valence-electron chi connectivity index (χ2n) is 5.58. The second kappa shape index (κ2) is 6.99. The molecule has 1 atom stereocenters. The van der Waals surface area contributed by atoms with E-state index in [1.54, 1.807) is 0 Å². The van der Waals surface area contributed by atoms with E-state index in [-0.39, 0.29) is 17.8 Å². The van der Waals surface area contributed by atoms with E-state index in [9.17, 15) is 8.42 Å². The van der Waals surface area contributed by atoms with Gasteiger partial charge >= 0.3 is 0 Å². The van der Waals surface area contributed by atoms with Crippen LogP contribution in [0.2, 0.25) is 0 Å². The Kier molecular flexibility index (Phi) is 5.58. The number of nitrogens with zero attached hydrogens (tertiary/aromatic N) is 1. The van der Waals surface area contributed by atoms with Gasteiger partial charge in [0.2, 0.25) is 10.0 Å². The molecule has 0 amide bonds. The average molecular weight is 291 g/mol. The Morgan fingerprint density at radius 1 is 1.37 bits per heavy atom. The molecule has 2 aliphatic heterocycles. The van der Waals surface area contributed by atoms with Crippen molar-refractivity contribution in [1.29, 1.82) is 0 Å². The summed E-state index contributed by atoms with van der Waals surface area (Å²) in [5, 5.41) is 3.25. The van der Waals surface area contributed by atoms with Gasteiger partial charge in [0.15, 0.2) is 0 Å². The fraction of sp³-hybridized carbons (Fsp3) is 1.00. The summed E-state index contributed by atoms with van der Waals surface area (Å²) in [6.07, 6.45) is 1.87. The summed E-state index contributed by atoms with van der Waals surface area (Å²) >= 11 is 0. The van der Waals surface area contributed by atoms with Crippen LogP contribution in [0, 0.1) is 5.92 Å². The van der Waals surface area contributed by atoms with Crippen LogP contribution in [-0.4, -0.2) is 71.6 Å². The molecule has 1 unspecified atom stereocenters. The SMILES string of the molecule is CN1CCOC(CNS(=O)(=O)CC2CCNCC2)C1. The van der Waals surface area contributed by atoms with Crippen LogP contribution in [-0.2, 0) is 14.8 Å². The Balaban J connectivity index is 1.73. The number of rotatable bonds is 5. The summed E-state index contributed by atoms with van der Waals surface area (Å²) in [4.78, 5) is 2.16. The van der Waals surface area contributed by atoms with Gasteiger partial charge in [-0.2, -0.15) is 0 Å². The number of sulfonamides is 1. The van der Waals surface area contributed by atoms with Gasteiger partial charge in [0.1, 0.15) is 0 Å². The first kappa shape index (κ1) is 15.2. The van der Waals surface area contributed by atoms with Crippen molar-refractivity contribution in [1.82, 2.24) is 14.9 Å². The van der Waals surface area contributed by atoms with Gasteiger partial charge in [0, 0.05) is 19.6 Å². The van der Waals surface area contributed by atoms with E-state index in [1.807, 2.05) is 7.05 Å². The van der Waals surface area contributed by atoms with Crippen molar-refractivity contribution < 1.29 is 13.2 Å². The van der Waals surface area contributed by atoms with Gasteiger partial charge in [0.05, 0.1) is 18.5 Å². The lowest BCUT2D eigenvalue weighted by Gasteiger charge is -2.30. The molecule has 0 saturated carbocycles. The van der Waals surface area contributed by atoms with Crippen LogP contribution in [0.3, 0.4) is 0 Å². The molecule has 0 radical (unpaired) electrons. The van der Waals surface area contributed by atoms with Gasteiger partial charge in [0.25, 0.3) is 0 Å². The number of ether oxygens (including phenoxy) is 1. The first-order chi connectivity index (χ1) is 9.05. The van der Waals surface area contributed by atoms with E-state index >= 15 is 0 Å². The molecular formula is C12H25N3O3S. The van der Waals surface area contributed by atoms with Crippen molar-refractivity contribution in [3.05, 3.63) is 0 Å². The molecule has 0 aromatic heterocycles. The quantitative estimate of drug-likeness (QED) is 0.696. The van der Waals surface area contributed by atoms with Crippen LogP contribution in [0.4, 0.5) is 0 Å². The molecule has 112 valence electrons. The molecule has 6 nitrogen and oxygen atoms in total. The van der Waals surface area contributed by atoms with Gasteiger partial charge in [-0.3, -0.25) is 0 Å². The smallest absolute Gasteiger partial charge is 0.211 e. The fourth-order valence-corrected chi connectivity index (χ4v) is 4.14. The molecule has 0 spiro atoms. The standard InChI is InChI=1S/C12H25N3O3S/c1-15-6-7-18-12(9-15)8-14-19(16,17)10-11-2-4-13-5-3-11/h11-14H,2-10H2,1H3. The zero-order chi connectivity index (χ0) is 13.7. The second-order valence-corrected chi connectivity index (χ2v) is 7.43. The van der Waals surface area contributed by atoms with E-state index in [0.29, 0.717) is 13.2 Å². The molecular weight excluding hydrogens is 266 g/mol. The third-order valence-corrected chi connectivity index (χ3v) is 5.30. The number of hydrogen-bond acceptors (Lipinski definition) is 5. The van der Waals surface area contributed by atoms with E-state index in [2.05, 4.69) is 14.9 Å². The van der Waals surface area contributed by atoms with Crippen LogP contribution in [0.5, 0.6) is 0 Å². The zero-order valence-corrected chi connectivity index (χ0v) is 12.4. The molecule has 2 fully saturated rings. The van der Waals surface area contributed by atoms with Crippen molar-refractivity contribution in [3.8, 4) is 0 Å². The molecule has 0 aromatic carbocycles. The van der Waals surface area contributed by atoms with E-state index in [4.69, 9.17) is 4.74 Å². The number of piperidine rings is 1. The van der Waals surface area contributed by atoms with Gasteiger partial charge in [-0.15, -0.1) is 0 Å². The van der Waals surface area contributed by atoms with E-state index in [0.717, 1.165) is 39.0 Å². The highest BCUT2D eigenvalue weighted by atomic mass is 32.2. The minimum absolute atomic E-state index is 0.0263. The van der Waals surface area contributed by atoms with E-state index < -0.39 is 10.0 Å². The summed E-state index contributed by atoms with van der Waals surface area (Å²) in [5.74, 6) is 0.533. The monoisotopic (exact) mass is 291 g/mol. The van der Waals surface area contributed by atoms with Crippen LogP contribution in [0.25, 0.3) is 0 Å². The topological polar surface area (TPSA) is 70.7 Å². The Morgan fingerprint density at radius 3 is 2.79 bits per heavy atom. The summed E-state index contributed by atoms with van der Waals surface area (Å²) in [6, 6.07) is 0. The zero-order valence-electron chi connectivity index (χ0n) is 11.6. The first-order valence-electron chi connectivity index (χ1n) is 7.03. The van der Waals surface area contributed by atoms with E-state index in [1.165, 1.54) is 0 Å². The largest absolute Gasteiger partial charge is 0.374 e. The normalized spacial score (nSPS) is 27.5. The van der Waals surface area contributed by atoms with Crippen molar-refractivity contribution in [3.63, 3.8) is 0 Å². The highest BCUT2D eigenvalue weighted by molar-refractivity contribution is 7.89. The van der Waals surface area contributed by atoms with Crippen LogP contribution in [0.15, 0.2) is 0 Å². The molecule has 0 aliphatic carbocycles. The van der Waals surface area contributed by atoms with Crippen molar-refractivity contribution in [2.75, 3.05) is 52.1 Å². The minimum Gasteiger partial charge on any atom is -0.374 e. The molecule has 0 aromatic rings. The Hall–Kier alpha value is -0.210. The Labute approximate surface area is 115 Å². The Morgan fingerprint density at radius 2 is 2.11 bits per heavy atom. The molecule has 2 N–H and O–H groups in total. The lowest BCUT2D eigenvalue weighted by atomic mass is 10.0. The highest BCUT2D eigenvalue weighted by Gasteiger charge is 2.23. The van der Waals surface area contributed by atoms with Crippen LogP contribution >= 0.6 is 0 Å². The molecule has 2 rings (SSSR count). The van der Waals surface area contributed by atoms with Gasteiger partial charge in [-0.05, 0) is 38.9 Å². The third-order valence-electron chi connectivity index (χ3n) is 3.79. The lowest BCUT2D eigenvalue weighted by Crippen LogP contribution is -2.46. The molecule has 7 heteroatoms. The van der Waals surface area contributed by atoms with Crippen LogP contribution < -0.4 is 10.0 Å². The Bertz CT molecular complexity index is 368. The van der Waals surface area contributed by atoms with Crippen molar-refractivity contribution in [2.45, 2.75) is 18.9 Å². The maximum absolute atomic E-state index is 12.0. The fourth-order valence-electron chi connectivity index (χ4n) is 2.63. The number of hydrogen-bond donors (Lipinski definition) is 2. The molecule has 2 aliphatic rings. The molecule has 19 heavy (non-hydrogen) atoms. The summed E-state index contributed by atoms with van der Waals surface area (Å²) in [7, 11) is -1.15. The maximum Gasteiger partial charge on any atom is 0.211 e. The third kappa shape index (κ3) is 5.35. The number of likely N-dealkylation sites (N-methyl/N-ethyl adjacent to an activating group) is 1. The lowest BCUT2D eigenvalue weighted by molar-refractivity contribution is -0.0156. The summed E-state index contributed by atoms with van der Waals surface area (Å²) in [6.45, 7) is 4.62. The summed E-state index contributed by atoms with van der Waals surface area (Å²) < 4.78 is 32.3. The number of morpholine rings is 1. The summed E-state index contributed by atoms with van der Waals surface area (Å²) in [5.41, 5.74) is 0. The maximum atomic E-state index is 12.0. The van der Waals surface area contributed by atoms with Crippen LogP contribution in [0.1, 0.15) is 12.8 Å². The van der Waals surface area contributed by atoms with Gasteiger partial charge in [-0.1, -0.05) is 0 Å². The van der Waals surface area contributed by atoms with Gasteiger partial charge in [-0.25, -0.2) is 13.1 Å². The minimum atomic E-state index is -3.17. The molecule has 0 bridgehead atoms. The van der Waals surface area contributed by atoms with Gasteiger partial charge < -0.3 is 15.0 Å². The molecule has 2 heterocycles. The number of nitrogens with one attached hydrogen (secondary N) is 2. The van der Waals surface area contributed by atoms with Crippen molar-refractivity contribution >= 4 is 10.0 Å². The highest BCUT2D eigenvalue weighted by Crippen LogP contribution is 2.13. The predicted octanol–water partition coefficient (Wildman–Crippen LogP) is -0.764.